The maximum absolute atomic E-state index is 13.0. The molecule has 1 heterocycles. The van der Waals surface area contributed by atoms with Crippen LogP contribution in [0.15, 0.2) is 42.5 Å². The van der Waals surface area contributed by atoms with Crippen molar-refractivity contribution in [1.82, 2.24) is 0 Å². The lowest BCUT2D eigenvalue weighted by molar-refractivity contribution is 0.102. The number of amides is 1. The lowest BCUT2D eigenvalue weighted by atomic mass is 10.1. The summed E-state index contributed by atoms with van der Waals surface area (Å²) in [6.45, 7) is 0.657. The molecule has 1 aliphatic rings. The topological polar surface area (TPSA) is 38.3 Å². The number of halogens is 1. The maximum Gasteiger partial charge on any atom is 0.255 e. The average Bonchev–Trinajstić information content (AvgIpc) is 2.85. The van der Waals surface area contributed by atoms with Gasteiger partial charge < -0.3 is 10.1 Å². The highest BCUT2D eigenvalue weighted by molar-refractivity contribution is 6.04. The first kappa shape index (κ1) is 11.7. The summed E-state index contributed by atoms with van der Waals surface area (Å²) in [6.07, 6.45) is 0.816. The van der Waals surface area contributed by atoms with Crippen molar-refractivity contribution in [3.63, 3.8) is 0 Å². The second kappa shape index (κ2) is 4.72. The van der Waals surface area contributed by atoms with Crippen molar-refractivity contribution in [3.8, 4) is 5.75 Å². The molecule has 19 heavy (non-hydrogen) atoms. The fraction of sp³-hybridized carbons (Fsp3) is 0.133. The van der Waals surface area contributed by atoms with Crippen molar-refractivity contribution >= 4 is 11.6 Å². The van der Waals surface area contributed by atoms with Crippen LogP contribution in [-0.4, -0.2) is 12.5 Å². The third kappa shape index (κ3) is 2.42. The molecule has 0 saturated heterocycles. The van der Waals surface area contributed by atoms with Crippen LogP contribution in [0.5, 0.6) is 5.75 Å². The number of benzene rings is 2. The molecule has 0 aliphatic carbocycles. The first-order valence-electron chi connectivity index (χ1n) is 6.05. The number of fused-ring (bicyclic) bond motifs is 1. The molecule has 1 amide bonds. The van der Waals surface area contributed by atoms with Gasteiger partial charge in [0.25, 0.3) is 5.91 Å². The van der Waals surface area contributed by atoms with Crippen LogP contribution >= 0.6 is 0 Å². The predicted octanol–water partition coefficient (Wildman–Crippen LogP) is 3.01. The van der Waals surface area contributed by atoms with Gasteiger partial charge in [-0.05, 0) is 42.0 Å². The van der Waals surface area contributed by atoms with Gasteiger partial charge in [0.2, 0.25) is 0 Å². The van der Waals surface area contributed by atoms with E-state index < -0.39 is 0 Å². The quantitative estimate of drug-likeness (QED) is 0.898. The summed E-state index contributed by atoms with van der Waals surface area (Å²) in [7, 11) is 0. The van der Waals surface area contributed by atoms with Crippen molar-refractivity contribution in [2.45, 2.75) is 6.42 Å². The van der Waals surface area contributed by atoms with E-state index in [0.29, 0.717) is 17.9 Å². The minimum Gasteiger partial charge on any atom is -0.493 e. The fourth-order valence-corrected chi connectivity index (χ4v) is 2.10. The van der Waals surface area contributed by atoms with Crippen LogP contribution < -0.4 is 10.1 Å². The molecule has 0 aromatic heterocycles. The van der Waals surface area contributed by atoms with Gasteiger partial charge in [0.15, 0.2) is 0 Å². The van der Waals surface area contributed by atoms with Crippen molar-refractivity contribution in [2.75, 3.05) is 11.9 Å². The number of anilines is 1. The van der Waals surface area contributed by atoms with Crippen LogP contribution in [-0.2, 0) is 6.42 Å². The Kier molecular flexibility index (Phi) is 2.91. The molecule has 0 fully saturated rings. The molecule has 0 atom stereocenters. The second-order valence-electron chi connectivity index (χ2n) is 4.39. The molecule has 0 saturated carbocycles. The minimum atomic E-state index is -0.375. The van der Waals surface area contributed by atoms with Gasteiger partial charge in [0.1, 0.15) is 11.6 Å². The summed E-state index contributed by atoms with van der Waals surface area (Å²) in [5.74, 6) is 0.211. The molecule has 2 aromatic carbocycles. The Bertz CT molecular complexity index is 640. The standard InChI is InChI=1S/C15H12FNO2/c16-12-2-1-3-13(9-12)17-15(18)11-4-5-14-10(8-11)6-7-19-14/h1-5,8-9H,6-7H2,(H,17,18). The monoisotopic (exact) mass is 257 g/mol. The second-order valence-corrected chi connectivity index (χ2v) is 4.39. The molecule has 3 rings (SSSR count). The van der Waals surface area contributed by atoms with Crippen LogP contribution in [0, 0.1) is 5.82 Å². The zero-order valence-electron chi connectivity index (χ0n) is 10.2. The van der Waals surface area contributed by atoms with E-state index in [-0.39, 0.29) is 11.7 Å². The van der Waals surface area contributed by atoms with E-state index in [1.165, 1.54) is 12.1 Å². The molecule has 96 valence electrons. The van der Waals surface area contributed by atoms with Gasteiger partial charge in [-0.1, -0.05) is 6.07 Å². The van der Waals surface area contributed by atoms with Gasteiger partial charge >= 0.3 is 0 Å². The SMILES string of the molecule is O=C(Nc1cccc(F)c1)c1ccc2c(c1)CCO2. The Balaban J connectivity index is 1.81. The normalized spacial score (nSPS) is 12.7. The van der Waals surface area contributed by atoms with Gasteiger partial charge in [-0.25, -0.2) is 4.39 Å². The summed E-state index contributed by atoms with van der Waals surface area (Å²) in [5, 5.41) is 2.67. The van der Waals surface area contributed by atoms with Gasteiger partial charge in [-0.15, -0.1) is 0 Å². The highest BCUT2D eigenvalue weighted by Gasteiger charge is 2.15. The Morgan fingerprint density at radius 1 is 1.21 bits per heavy atom. The largest absolute Gasteiger partial charge is 0.493 e. The minimum absolute atomic E-state index is 0.250. The molecule has 0 unspecified atom stereocenters. The van der Waals surface area contributed by atoms with E-state index in [2.05, 4.69) is 5.32 Å². The molecule has 1 N–H and O–H groups in total. The molecule has 0 spiro atoms. The van der Waals surface area contributed by atoms with E-state index >= 15 is 0 Å². The highest BCUT2D eigenvalue weighted by atomic mass is 19.1. The predicted molar refractivity (Wildman–Crippen MR) is 70.0 cm³/mol. The number of nitrogens with one attached hydrogen (secondary N) is 1. The van der Waals surface area contributed by atoms with Crippen LogP contribution in [0.2, 0.25) is 0 Å². The van der Waals surface area contributed by atoms with E-state index in [1.807, 2.05) is 6.07 Å². The molecule has 3 nitrogen and oxygen atoms in total. The Morgan fingerprint density at radius 2 is 2.11 bits per heavy atom. The molecular formula is C15H12FNO2. The summed E-state index contributed by atoms with van der Waals surface area (Å²) < 4.78 is 18.4. The van der Waals surface area contributed by atoms with E-state index in [4.69, 9.17) is 4.74 Å². The molecule has 0 bridgehead atoms. The summed E-state index contributed by atoms with van der Waals surface area (Å²) in [5.41, 5.74) is 2.03. The Labute approximate surface area is 110 Å². The first-order chi connectivity index (χ1) is 9.22. The third-order valence-electron chi connectivity index (χ3n) is 3.03. The zero-order valence-corrected chi connectivity index (χ0v) is 10.2. The molecule has 1 aliphatic heterocycles. The van der Waals surface area contributed by atoms with E-state index in [0.717, 1.165) is 17.7 Å². The molecule has 0 radical (unpaired) electrons. The Hall–Kier alpha value is -2.36. The average molecular weight is 257 g/mol. The number of carbonyl (C=O) groups excluding carboxylic acids is 1. The smallest absolute Gasteiger partial charge is 0.255 e. The highest BCUT2D eigenvalue weighted by Crippen LogP contribution is 2.26. The number of ether oxygens (including phenoxy) is 1. The third-order valence-corrected chi connectivity index (χ3v) is 3.03. The summed E-state index contributed by atoms with van der Waals surface area (Å²) in [4.78, 5) is 12.1. The van der Waals surface area contributed by atoms with Gasteiger partial charge in [0.05, 0.1) is 6.61 Å². The van der Waals surface area contributed by atoms with E-state index in [1.54, 1.807) is 24.3 Å². The number of rotatable bonds is 2. The zero-order chi connectivity index (χ0) is 13.2. The van der Waals surface area contributed by atoms with Crippen molar-refractivity contribution in [2.24, 2.45) is 0 Å². The summed E-state index contributed by atoms with van der Waals surface area (Å²) >= 11 is 0. The van der Waals surface area contributed by atoms with Crippen molar-refractivity contribution in [1.29, 1.82) is 0 Å². The molecular weight excluding hydrogens is 245 g/mol. The maximum atomic E-state index is 13.0. The fourth-order valence-electron chi connectivity index (χ4n) is 2.10. The first-order valence-corrected chi connectivity index (χ1v) is 6.05. The lowest BCUT2D eigenvalue weighted by Gasteiger charge is -2.06. The molecule has 4 heteroatoms. The van der Waals surface area contributed by atoms with E-state index in [9.17, 15) is 9.18 Å². The van der Waals surface area contributed by atoms with Gasteiger partial charge in [-0.3, -0.25) is 4.79 Å². The lowest BCUT2D eigenvalue weighted by Crippen LogP contribution is -2.12. The van der Waals surface area contributed by atoms with Crippen molar-refractivity contribution in [3.05, 3.63) is 59.4 Å². The summed E-state index contributed by atoms with van der Waals surface area (Å²) in [6, 6.07) is 11.1. The Morgan fingerprint density at radius 3 is 2.95 bits per heavy atom. The number of hydrogen-bond donors (Lipinski definition) is 1. The van der Waals surface area contributed by atoms with Gasteiger partial charge in [0, 0.05) is 17.7 Å². The number of carbonyl (C=O) groups is 1. The van der Waals surface area contributed by atoms with Crippen molar-refractivity contribution < 1.29 is 13.9 Å². The van der Waals surface area contributed by atoms with Gasteiger partial charge in [-0.2, -0.15) is 0 Å². The van der Waals surface area contributed by atoms with Crippen LogP contribution in [0.1, 0.15) is 15.9 Å². The molecule has 2 aromatic rings. The van der Waals surface area contributed by atoms with Crippen LogP contribution in [0.4, 0.5) is 10.1 Å². The van der Waals surface area contributed by atoms with Crippen LogP contribution in [0.25, 0.3) is 0 Å². The van der Waals surface area contributed by atoms with Crippen LogP contribution in [0.3, 0.4) is 0 Å². The number of hydrogen-bond acceptors (Lipinski definition) is 2.